The smallest absolute Gasteiger partial charge is 0.138 e. The summed E-state index contributed by atoms with van der Waals surface area (Å²) in [6.45, 7) is 0. The highest BCUT2D eigenvalue weighted by Gasteiger charge is 1.93. The van der Waals surface area contributed by atoms with Crippen molar-refractivity contribution in [1.82, 2.24) is 0 Å². The molecule has 0 saturated carbocycles. The molecule has 0 bridgehead atoms. The molecule has 0 atom stereocenters. The molecule has 0 saturated heterocycles. The van der Waals surface area contributed by atoms with Crippen molar-refractivity contribution in [3.05, 3.63) is 71.5 Å². The first-order valence-electron chi connectivity index (χ1n) is 5.18. The second-order valence-electron chi connectivity index (χ2n) is 3.35. The van der Waals surface area contributed by atoms with Gasteiger partial charge in [0.05, 0.1) is 5.56 Å². The standard InChI is InChI=1S/C16H9F/c17-16-13-7-6-12-15(16)11-5-4-10-14-8-2-1-3-9-14/h1-3,6-9,12-13H. The van der Waals surface area contributed by atoms with Gasteiger partial charge in [0.15, 0.2) is 0 Å². The fraction of sp³-hybridized carbons (Fsp3) is 0. The second-order valence-corrected chi connectivity index (χ2v) is 3.35. The molecule has 0 N–H and O–H groups in total. The van der Waals surface area contributed by atoms with Gasteiger partial charge in [0, 0.05) is 5.56 Å². The second kappa shape index (κ2) is 5.54. The third-order valence-electron chi connectivity index (χ3n) is 2.11. The van der Waals surface area contributed by atoms with E-state index in [-0.39, 0.29) is 5.82 Å². The Morgan fingerprint density at radius 2 is 1.35 bits per heavy atom. The van der Waals surface area contributed by atoms with E-state index in [0.717, 1.165) is 5.56 Å². The molecule has 0 aliphatic carbocycles. The van der Waals surface area contributed by atoms with Crippen LogP contribution in [0, 0.1) is 29.5 Å². The first-order valence-corrected chi connectivity index (χ1v) is 5.18. The average molecular weight is 220 g/mol. The number of benzene rings is 2. The molecule has 2 rings (SSSR count). The topological polar surface area (TPSA) is 0 Å². The van der Waals surface area contributed by atoms with Gasteiger partial charge in [-0.05, 0) is 42.0 Å². The summed E-state index contributed by atoms with van der Waals surface area (Å²) >= 11 is 0. The summed E-state index contributed by atoms with van der Waals surface area (Å²) in [5.74, 6) is 10.6. The zero-order valence-corrected chi connectivity index (χ0v) is 9.07. The molecule has 0 aromatic heterocycles. The van der Waals surface area contributed by atoms with Crippen LogP contribution in [-0.4, -0.2) is 0 Å². The normalized spacial score (nSPS) is 8.53. The van der Waals surface area contributed by atoms with E-state index in [4.69, 9.17) is 0 Å². The molecule has 0 unspecified atom stereocenters. The van der Waals surface area contributed by atoms with Gasteiger partial charge in [0.1, 0.15) is 5.82 Å². The number of hydrogen-bond donors (Lipinski definition) is 0. The van der Waals surface area contributed by atoms with Gasteiger partial charge < -0.3 is 0 Å². The Balaban J connectivity index is 2.15. The Hall–Kier alpha value is -2.51. The van der Waals surface area contributed by atoms with Gasteiger partial charge in [-0.1, -0.05) is 36.3 Å². The minimum absolute atomic E-state index is 0.318. The van der Waals surface area contributed by atoms with Crippen LogP contribution in [0.15, 0.2) is 54.6 Å². The van der Waals surface area contributed by atoms with Crippen molar-refractivity contribution in [2.45, 2.75) is 0 Å². The van der Waals surface area contributed by atoms with E-state index < -0.39 is 0 Å². The van der Waals surface area contributed by atoms with Gasteiger partial charge in [0.25, 0.3) is 0 Å². The largest absolute Gasteiger partial charge is 0.206 e. The molecule has 2 aromatic carbocycles. The van der Waals surface area contributed by atoms with Gasteiger partial charge in [0.2, 0.25) is 0 Å². The van der Waals surface area contributed by atoms with Crippen LogP contribution in [0.4, 0.5) is 4.39 Å². The lowest BCUT2D eigenvalue weighted by Crippen LogP contribution is -1.80. The molecule has 1 heteroatoms. The van der Waals surface area contributed by atoms with Gasteiger partial charge >= 0.3 is 0 Å². The van der Waals surface area contributed by atoms with Gasteiger partial charge in [-0.15, -0.1) is 0 Å². The van der Waals surface area contributed by atoms with Crippen LogP contribution in [0.25, 0.3) is 0 Å². The summed E-state index contributed by atoms with van der Waals surface area (Å²) in [6, 6.07) is 15.9. The Morgan fingerprint density at radius 1 is 0.706 bits per heavy atom. The lowest BCUT2D eigenvalue weighted by Gasteiger charge is -1.89. The molecule has 0 aliphatic heterocycles. The average Bonchev–Trinajstić information content (AvgIpc) is 2.38. The molecule has 2 aromatic rings. The highest BCUT2D eigenvalue weighted by Crippen LogP contribution is 2.03. The van der Waals surface area contributed by atoms with Crippen LogP contribution in [0.3, 0.4) is 0 Å². The summed E-state index contributed by atoms with van der Waals surface area (Å²) in [4.78, 5) is 0. The molecule has 0 amide bonds. The molecular weight excluding hydrogens is 211 g/mol. The zero-order valence-electron chi connectivity index (χ0n) is 9.07. The van der Waals surface area contributed by atoms with E-state index in [1.807, 2.05) is 30.3 Å². The van der Waals surface area contributed by atoms with Crippen LogP contribution >= 0.6 is 0 Å². The van der Waals surface area contributed by atoms with Crippen molar-refractivity contribution in [1.29, 1.82) is 0 Å². The number of hydrogen-bond acceptors (Lipinski definition) is 0. The number of rotatable bonds is 0. The molecule has 80 valence electrons. The maximum atomic E-state index is 13.2. The summed E-state index contributed by atoms with van der Waals surface area (Å²) in [7, 11) is 0. The van der Waals surface area contributed by atoms with Crippen molar-refractivity contribution < 1.29 is 4.39 Å². The van der Waals surface area contributed by atoms with E-state index in [0.29, 0.717) is 5.56 Å². The predicted molar refractivity (Wildman–Crippen MR) is 66.6 cm³/mol. The van der Waals surface area contributed by atoms with E-state index in [1.54, 1.807) is 18.2 Å². The van der Waals surface area contributed by atoms with Crippen molar-refractivity contribution in [2.75, 3.05) is 0 Å². The minimum atomic E-state index is -0.318. The minimum Gasteiger partial charge on any atom is -0.206 e. The predicted octanol–water partition coefficient (Wildman–Crippen LogP) is 3.23. The maximum Gasteiger partial charge on any atom is 0.138 e. The Kier molecular flexibility index (Phi) is 3.58. The third kappa shape index (κ3) is 3.23. The third-order valence-corrected chi connectivity index (χ3v) is 2.11. The molecule has 17 heavy (non-hydrogen) atoms. The molecule has 0 spiro atoms. The van der Waals surface area contributed by atoms with Crippen molar-refractivity contribution in [2.24, 2.45) is 0 Å². The Bertz CT molecular complexity index is 619. The Labute approximate surface area is 100 Å². The Morgan fingerprint density at radius 3 is 2.12 bits per heavy atom. The summed E-state index contributed by atoms with van der Waals surface area (Å²) in [5, 5.41) is 0. The fourth-order valence-electron chi connectivity index (χ4n) is 1.29. The van der Waals surface area contributed by atoms with E-state index >= 15 is 0 Å². The molecule has 0 radical (unpaired) electrons. The van der Waals surface area contributed by atoms with E-state index in [9.17, 15) is 4.39 Å². The molecular formula is C16H9F. The molecule has 0 fully saturated rings. The highest BCUT2D eigenvalue weighted by atomic mass is 19.1. The molecule has 0 heterocycles. The number of halogens is 1. The monoisotopic (exact) mass is 220 g/mol. The first-order chi connectivity index (χ1) is 8.36. The van der Waals surface area contributed by atoms with Crippen LogP contribution < -0.4 is 0 Å². The maximum absolute atomic E-state index is 13.2. The van der Waals surface area contributed by atoms with E-state index in [1.165, 1.54) is 6.07 Å². The summed E-state index contributed by atoms with van der Waals surface area (Å²) in [6.07, 6.45) is 0. The van der Waals surface area contributed by atoms with Gasteiger partial charge in [-0.25, -0.2) is 4.39 Å². The lowest BCUT2D eigenvalue weighted by atomic mass is 10.2. The molecule has 0 nitrogen and oxygen atoms in total. The quantitative estimate of drug-likeness (QED) is 0.598. The first kappa shape index (κ1) is 11.0. The van der Waals surface area contributed by atoms with Crippen molar-refractivity contribution in [3.8, 4) is 23.7 Å². The van der Waals surface area contributed by atoms with Gasteiger partial charge in [-0.2, -0.15) is 0 Å². The van der Waals surface area contributed by atoms with Crippen molar-refractivity contribution in [3.63, 3.8) is 0 Å². The SMILES string of the molecule is Fc1ccccc1C#CC#Cc1ccccc1. The van der Waals surface area contributed by atoms with Crippen LogP contribution in [0.1, 0.15) is 11.1 Å². The van der Waals surface area contributed by atoms with Crippen molar-refractivity contribution >= 4 is 0 Å². The van der Waals surface area contributed by atoms with Gasteiger partial charge in [-0.3, -0.25) is 0 Å². The summed E-state index contributed by atoms with van der Waals surface area (Å²) < 4.78 is 13.2. The zero-order chi connectivity index (χ0) is 11.9. The van der Waals surface area contributed by atoms with Crippen LogP contribution in [-0.2, 0) is 0 Å². The molecule has 0 aliphatic rings. The fourth-order valence-corrected chi connectivity index (χ4v) is 1.29. The lowest BCUT2D eigenvalue weighted by molar-refractivity contribution is 0.624. The van der Waals surface area contributed by atoms with Crippen LogP contribution in [0.5, 0.6) is 0 Å². The van der Waals surface area contributed by atoms with Crippen LogP contribution in [0.2, 0.25) is 0 Å². The summed E-state index contributed by atoms with van der Waals surface area (Å²) in [5.41, 5.74) is 1.27. The van der Waals surface area contributed by atoms with E-state index in [2.05, 4.69) is 23.7 Å². The highest BCUT2D eigenvalue weighted by molar-refractivity contribution is 5.44.